The maximum absolute atomic E-state index is 5.61. The molecule has 60 valence electrons. The van der Waals surface area contributed by atoms with E-state index in [4.69, 9.17) is 10.3 Å². The lowest BCUT2D eigenvalue weighted by atomic mass is 10.1. The average Bonchev–Trinajstić information content (AvgIpc) is 2.29. The molecule has 2 N–H and O–H groups in total. The molecule has 4 heteroatoms. The molecule has 0 bridgehead atoms. The van der Waals surface area contributed by atoms with Crippen molar-refractivity contribution in [3.8, 4) is 0 Å². The van der Waals surface area contributed by atoms with Gasteiger partial charge in [-0.25, -0.2) is 0 Å². The van der Waals surface area contributed by atoms with Gasteiger partial charge in [-0.15, -0.1) is 0 Å². The highest BCUT2D eigenvalue weighted by Crippen LogP contribution is 2.20. The van der Waals surface area contributed by atoms with Gasteiger partial charge in [-0.1, -0.05) is 5.16 Å². The standard InChI is InChI=1S/C7H11N3O/c1-5-2-7(11-9-5)10-3-6(8)4-10/h2,6H,3-4,8H2,1H3. The van der Waals surface area contributed by atoms with Crippen LogP contribution >= 0.6 is 0 Å². The normalized spacial score (nSPS) is 18.5. The highest BCUT2D eigenvalue weighted by atomic mass is 16.5. The van der Waals surface area contributed by atoms with E-state index < -0.39 is 0 Å². The van der Waals surface area contributed by atoms with Crippen LogP contribution in [0.2, 0.25) is 0 Å². The van der Waals surface area contributed by atoms with Crippen molar-refractivity contribution in [3.05, 3.63) is 11.8 Å². The summed E-state index contributed by atoms with van der Waals surface area (Å²) in [6, 6.07) is 2.23. The first-order chi connectivity index (χ1) is 5.25. The van der Waals surface area contributed by atoms with Crippen LogP contribution in [0.1, 0.15) is 5.69 Å². The summed E-state index contributed by atoms with van der Waals surface area (Å²) in [5.74, 6) is 0.837. The molecule has 1 fully saturated rings. The lowest BCUT2D eigenvalue weighted by Crippen LogP contribution is -2.55. The molecule has 1 aliphatic heterocycles. The van der Waals surface area contributed by atoms with Crippen molar-refractivity contribution in [1.82, 2.24) is 5.16 Å². The van der Waals surface area contributed by atoms with E-state index in [1.165, 1.54) is 0 Å². The molecule has 0 unspecified atom stereocenters. The summed E-state index contributed by atoms with van der Waals surface area (Å²) < 4.78 is 5.04. The SMILES string of the molecule is Cc1cc(N2CC(N)C2)on1. The number of anilines is 1. The zero-order valence-corrected chi connectivity index (χ0v) is 6.45. The van der Waals surface area contributed by atoms with Crippen LogP contribution in [0.3, 0.4) is 0 Å². The van der Waals surface area contributed by atoms with Crippen LogP contribution in [0, 0.1) is 6.92 Å². The number of hydrogen-bond acceptors (Lipinski definition) is 4. The van der Waals surface area contributed by atoms with E-state index in [0.717, 1.165) is 24.7 Å². The minimum atomic E-state index is 0.306. The van der Waals surface area contributed by atoms with Gasteiger partial charge in [-0.05, 0) is 6.92 Å². The summed E-state index contributed by atoms with van der Waals surface area (Å²) in [7, 11) is 0. The van der Waals surface area contributed by atoms with E-state index in [9.17, 15) is 0 Å². The Balaban J connectivity index is 2.07. The van der Waals surface area contributed by atoms with Crippen molar-refractivity contribution in [2.24, 2.45) is 5.73 Å². The summed E-state index contributed by atoms with van der Waals surface area (Å²) >= 11 is 0. The van der Waals surface area contributed by atoms with Gasteiger partial charge in [0.15, 0.2) is 0 Å². The first-order valence-electron chi connectivity index (χ1n) is 3.69. The molecule has 0 aliphatic carbocycles. The van der Waals surface area contributed by atoms with Gasteiger partial charge in [-0.2, -0.15) is 0 Å². The smallest absolute Gasteiger partial charge is 0.227 e. The van der Waals surface area contributed by atoms with Crippen molar-refractivity contribution in [2.75, 3.05) is 18.0 Å². The second-order valence-electron chi connectivity index (χ2n) is 2.97. The molecule has 1 saturated heterocycles. The van der Waals surface area contributed by atoms with Gasteiger partial charge >= 0.3 is 0 Å². The van der Waals surface area contributed by atoms with Gasteiger partial charge in [0.2, 0.25) is 5.88 Å². The van der Waals surface area contributed by atoms with Crippen LogP contribution in [0.25, 0.3) is 0 Å². The molecule has 11 heavy (non-hydrogen) atoms. The van der Waals surface area contributed by atoms with E-state index in [1.54, 1.807) is 0 Å². The minimum Gasteiger partial charge on any atom is -0.338 e. The molecular weight excluding hydrogens is 142 g/mol. The minimum absolute atomic E-state index is 0.306. The zero-order chi connectivity index (χ0) is 7.84. The van der Waals surface area contributed by atoms with Gasteiger partial charge in [0.05, 0.1) is 5.69 Å². The van der Waals surface area contributed by atoms with Crippen LogP contribution in [0.4, 0.5) is 5.88 Å². The van der Waals surface area contributed by atoms with Crippen LogP contribution in [-0.4, -0.2) is 24.3 Å². The Kier molecular flexibility index (Phi) is 1.35. The molecule has 0 aromatic carbocycles. The van der Waals surface area contributed by atoms with Crippen molar-refractivity contribution in [1.29, 1.82) is 0 Å². The largest absolute Gasteiger partial charge is 0.338 e. The van der Waals surface area contributed by atoms with Crippen molar-refractivity contribution in [2.45, 2.75) is 13.0 Å². The quantitative estimate of drug-likeness (QED) is 0.623. The van der Waals surface area contributed by atoms with Crippen LogP contribution in [-0.2, 0) is 0 Å². The first kappa shape index (κ1) is 6.67. The summed E-state index contributed by atoms with van der Waals surface area (Å²) in [6.07, 6.45) is 0. The molecule has 0 saturated carbocycles. The number of hydrogen-bond donors (Lipinski definition) is 1. The van der Waals surface area contributed by atoms with E-state index in [1.807, 2.05) is 13.0 Å². The molecule has 0 amide bonds. The zero-order valence-electron chi connectivity index (χ0n) is 6.45. The topological polar surface area (TPSA) is 55.3 Å². The third kappa shape index (κ3) is 1.09. The van der Waals surface area contributed by atoms with Gasteiger partial charge < -0.3 is 15.2 Å². The van der Waals surface area contributed by atoms with Crippen LogP contribution in [0.15, 0.2) is 10.6 Å². The maximum Gasteiger partial charge on any atom is 0.227 e. The summed E-state index contributed by atoms with van der Waals surface area (Å²) in [5, 5.41) is 3.79. The molecule has 4 nitrogen and oxygen atoms in total. The Hall–Kier alpha value is -1.03. The highest BCUT2D eigenvalue weighted by molar-refractivity contribution is 5.39. The van der Waals surface area contributed by atoms with Crippen molar-refractivity contribution in [3.63, 3.8) is 0 Å². The maximum atomic E-state index is 5.61. The predicted molar refractivity (Wildman–Crippen MR) is 41.4 cm³/mol. The highest BCUT2D eigenvalue weighted by Gasteiger charge is 2.25. The third-order valence-corrected chi connectivity index (χ3v) is 1.84. The lowest BCUT2D eigenvalue weighted by molar-refractivity contribution is 0.384. The molecule has 0 atom stereocenters. The second-order valence-corrected chi connectivity index (χ2v) is 2.97. The van der Waals surface area contributed by atoms with E-state index in [-0.39, 0.29) is 0 Å². The predicted octanol–water partition coefficient (Wildman–Crippen LogP) is 0.130. The molecule has 1 aromatic rings. The molecule has 2 heterocycles. The molecular formula is C7H11N3O. The fourth-order valence-electron chi connectivity index (χ4n) is 1.19. The number of nitrogens with zero attached hydrogens (tertiary/aromatic N) is 2. The molecule has 0 spiro atoms. The monoisotopic (exact) mass is 153 g/mol. The number of nitrogens with two attached hydrogens (primary N) is 1. The Morgan fingerprint density at radius 1 is 1.73 bits per heavy atom. The van der Waals surface area contributed by atoms with Crippen LogP contribution < -0.4 is 10.6 Å². The van der Waals surface area contributed by atoms with Crippen molar-refractivity contribution >= 4 is 5.88 Å². The van der Waals surface area contributed by atoms with Crippen molar-refractivity contribution < 1.29 is 4.52 Å². The molecule has 1 aliphatic rings. The number of rotatable bonds is 1. The van der Waals surface area contributed by atoms with E-state index >= 15 is 0 Å². The molecule has 1 aromatic heterocycles. The van der Waals surface area contributed by atoms with Gasteiger partial charge in [0, 0.05) is 25.2 Å². The molecule has 2 rings (SSSR count). The van der Waals surface area contributed by atoms with Gasteiger partial charge in [-0.3, -0.25) is 0 Å². The fourth-order valence-corrected chi connectivity index (χ4v) is 1.19. The number of aryl methyl sites for hydroxylation is 1. The molecule has 0 radical (unpaired) electrons. The second kappa shape index (κ2) is 2.23. The van der Waals surface area contributed by atoms with Gasteiger partial charge in [0.1, 0.15) is 0 Å². The third-order valence-electron chi connectivity index (χ3n) is 1.84. The Morgan fingerprint density at radius 3 is 2.91 bits per heavy atom. The Bertz CT molecular complexity index is 252. The summed E-state index contributed by atoms with van der Waals surface area (Å²) in [6.45, 7) is 3.68. The Morgan fingerprint density at radius 2 is 2.45 bits per heavy atom. The summed E-state index contributed by atoms with van der Waals surface area (Å²) in [4.78, 5) is 2.07. The summed E-state index contributed by atoms with van der Waals surface area (Å²) in [5.41, 5.74) is 6.53. The van der Waals surface area contributed by atoms with Gasteiger partial charge in [0.25, 0.3) is 0 Å². The lowest BCUT2D eigenvalue weighted by Gasteiger charge is -2.35. The average molecular weight is 153 g/mol. The van der Waals surface area contributed by atoms with E-state index in [2.05, 4.69) is 10.1 Å². The number of aromatic nitrogens is 1. The Labute approximate surface area is 65.0 Å². The van der Waals surface area contributed by atoms with E-state index in [0.29, 0.717) is 6.04 Å². The van der Waals surface area contributed by atoms with Crippen LogP contribution in [0.5, 0.6) is 0 Å². The first-order valence-corrected chi connectivity index (χ1v) is 3.69. The fraction of sp³-hybridized carbons (Fsp3) is 0.571.